The molecule has 2 aliphatic rings. The second-order valence-electron chi connectivity index (χ2n) is 9.85. The summed E-state index contributed by atoms with van der Waals surface area (Å²) in [4.78, 5) is 32.2. The molecule has 6 heterocycles. The van der Waals surface area contributed by atoms with Crippen molar-refractivity contribution < 1.29 is 9.53 Å². The molecule has 41 heavy (non-hydrogen) atoms. The highest BCUT2D eigenvalue weighted by Crippen LogP contribution is 2.29. The number of aromatic nitrogens is 7. The van der Waals surface area contributed by atoms with Crippen LogP contribution in [-0.2, 0) is 16.1 Å². The molecule has 0 aliphatic carbocycles. The van der Waals surface area contributed by atoms with Crippen LogP contribution in [0.3, 0.4) is 0 Å². The largest absolute Gasteiger partial charge is 0.379 e. The summed E-state index contributed by atoms with van der Waals surface area (Å²) in [5.41, 5.74) is 1.12. The lowest BCUT2D eigenvalue weighted by Crippen LogP contribution is -2.44. The first kappa shape index (κ1) is 26.9. The van der Waals surface area contributed by atoms with Gasteiger partial charge in [-0.25, -0.2) is 15.0 Å². The molecule has 4 aromatic rings. The van der Waals surface area contributed by atoms with E-state index in [1.807, 2.05) is 29.2 Å². The van der Waals surface area contributed by atoms with Crippen LogP contribution in [0.1, 0.15) is 18.4 Å². The Labute approximate surface area is 241 Å². The van der Waals surface area contributed by atoms with E-state index < -0.39 is 0 Å². The number of carbonyl (C=O) groups excluding carboxylic acids is 1. The highest BCUT2D eigenvalue weighted by Gasteiger charge is 2.23. The Morgan fingerprint density at radius 1 is 1.17 bits per heavy atom. The summed E-state index contributed by atoms with van der Waals surface area (Å²) in [6.07, 6.45) is 6.67. The zero-order valence-electron chi connectivity index (χ0n) is 22.5. The number of piperidine rings is 1. The van der Waals surface area contributed by atoms with Gasteiger partial charge in [0.15, 0.2) is 10.9 Å². The number of hydrogen-bond donors (Lipinski definition) is 2. The molecule has 2 aliphatic heterocycles. The molecule has 1 amide bonds. The minimum Gasteiger partial charge on any atom is -0.379 e. The minimum atomic E-state index is -0.0398. The summed E-state index contributed by atoms with van der Waals surface area (Å²) in [7, 11) is 0. The average Bonchev–Trinajstić information content (AvgIpc) is 3.68. The zero-order chi connectivity index (χ0) is 28.0. The van der Waals surface area contributed by atoms with Gasteiger partial charge in [0.1, 0.15) is 11.6 Å². The first-order valence-electron chi connectivity index (χ1n) is 13.6. The van der Waals surface area contributed by atoms with Crippen molar-refractivity contribution in [3.63, 3.8) is 0 Å². The maximum Gasteiger partial charge on any atom is 0.246 e. The maximum atomic E-state index is 12.2. The summed E-state index contributed by atoms with van der Waals surface area (Å²) >= 11 is 1.42. The number of tetrazole rings is 1. The van der Waals surface area contributed by atoms with Crippen molar-refractivity contribution in [1.82, 2.24) is 45.0 Å². The molecule has 0 saturated carbocycles. The van der Waals surface area contributed by atoms with Gasteiger partial charge in [-0.3, -0.25) is 9.69 Å². The Kier molecular flexibility index (Phi) is 8.21. The second kappa shape index (κ2) is 12.5. The fraction of sp³-hybridized carbons (Fsp3) is 0.370. The van der Waals surface area contributed by atoms with Crippen molar-refractivity contribution in [2.75, 3.05) is 50.0 Å². The van der Waals surface area contributed by atoms with Gasteiger partial charge in [0.05, 0.1) is 24.3 Å². The number of likely N-dealkylation sites (tertiary alicyclic amines) is 1. The quantitative estimate of drug-likeness (QED) is 0.286. The van der Waals surface area contributed by atoms with E-state index >= 15 is 0 Å². The van der Waals surface area contributed by atoms with Crippen molar-refractivity contribution in [2.24, 2.45) is 0 Å². The number of anilines is 3. The van der Waals surface area contributed by atoms with Crippen LogP contribution in [0.4, 0.5) is 16.8 Å². The average molecular weight is 574 g/mol. The summed E-state index contributed by atoms with van der Waals surface area (Å²) in [5.74, 6) is 2.45. The highest BCUT2D eigenvalue weighted by molar-refractivity contribution is 7.18. The normalized spacial score (nSPS) is 17.8. The van der Waals surface area contributed by atoms with Gasteiger partial charge < -0.3 is 20.3 Å². The smallest absolute Gasteiger partial charge is 0.246 e. The van der Waals surface area contributed by atoms with E-state index in [0.717, 1.165) is 68.5 Å². The Morgan fingerprint density at radius 2 is 2.05 bits per heavy atom. The van der Waals surface area contributed by atoms with Gasteiger partial charge in [-0.2, -0.15) is 0 Å². The van der Waals surface area contributed by atoms with Crippen LogP contribution in [-0.4, -0.2) is 96.3 Å². The first-order valence-corrected chi connectivity index (χ1v) is 14.4. The lowest BCUT2D eigenvalue weighted by atomic mass is 10.1. The van der Waals surface area contributed by atoms with E-state index in [2.05, 4.69) is 53.6 Å². The van der Waals surface area contributed by atoms with Crippen LogP contribution < -0.4 is 10.6 Å². The van der Waals surface area contributed by atoms with Crippen LogP contribution in [0.15, 0.2) is 55.4 Å². The number of pyridine rings is 2. The maximum absolute atomic E-state index is 12.2. The molecule has 4 aromatic heterocycles. The number of carbonyl (C=O) groups is 1. The molecular weight excluding hydrogens is 542 g/mol. The van der Waals surface area contributed by atoms with Crippen molar-refractivity contribution >= 4 is 34.0 Å². The summed E-state index contributed by atoms with van der Waals surface area (Å²) in [6.45, 7) is 9.02. The SMILES string of the molecule is C=CC(=O)N1CCC[C@H](Nc2cc(CN3CCOCC3)cc(Nc3ncc(-c4nnn(-c5ccccn5)n4)s3)n2)C1. The van der Waals surface area contributed by atoms with Crippen molar-refractivity contribution in [3.05, 3.63) is 60.9 Å². The molecule has 13 nitrogen and oxygen atoms in total. The standard InChI is InChI=1S/C27H31N11O2S/c1-2-25(39)37-9-5-6-20(18-37)30-22-14-19(17-36-10-12-40-13-11-36)15-23(31-22)32-27-29-16-21(41-27)26-33-35-38(34-26)24-7-3-4-8-28-24/h2-4,7-8,14-16,20H,1,5-6,9-13,17-18H2,(H2,29,30,31,32)/t20-/m0/s1. The summed E-state index contributed by atoms with van der Waals surface area (Å²) < 4.78 is 5.52. The van der Waals surface area contributed by atoms with Gasteiger partial charge in [-0.05, 0) is 54.0 Å². The lowest BCUT2D eigenvalue weighted by Gasteiger charge is -2.33. The van der Waals surface area contributed by atoms with Gasteiger partial charge in [0, 0.05) is 45.0 Å². The molecule has 0 unspecified atom stereocenters. The predicted octanol–water partition coefficient (Wildman–Crippen LogP) is 2.74. The number of hydrogen-bond acceptors (Lipinski definition) is 12. The van der Waals surface area contributed by atoms with E-state index in [1.54, 1.807) is 12.4 Å². The number of thiazole rings is 1. The van der Waals surface area contributed by atoms with E-state index in [0.29, 0.717) is 29.1 Å². The van der Waals surface area contributed by atoms with E-state index in [1.165, 1.54) is 22.2 Å². The fourth-order valence-electron chi connectivity index (χ4n) is 4.89. The molecule has 2 saturated heterocycles. The molecule has 6 rings (SSSR count). The molecule has 212 valence electrons. The van der Waals surface area contributed by atoms with Gasteiger partial charge in [0.2, 0.25) is 11.7 Å². The number of ether oxygens (including phenoxy) is 1. The Balaban J connectivity index is 1.20. The molecule has 14 heteroatoms. The van der Waals surface area contributed by atoms with Gasteiger partial charge in [-0.1, -0.05) is 24.0 Å². The van der Waals surface area contributed by atoms with Crippen LogP contribution in [0.2, 0.25) is 0 Å². The number of amides is 1. The predicted molar refractivity (Wildman–Crippen MR) is 155 cm³/mol. The molecular formula is C27H31N11O2S. The summed E-state index contributed by atoms with van der Waals surface area (Å²) in [6, 6.07) is 9.75. The van der Waals surface area contributed by atoms with E-state index in [4.69, 9.17) is 9.72 Å². The fourth-order valence-corrected chi connectivity index (χ4v) is 5.64. The van der Waals surface area contributed by atoms with Crippen LogP contribution in [0.25, 0.3) is 16.5 Å². The van der Waals surface area contributed by atoms with Crippen molar-refractivity contribution in [2.45, 2.75) is 25.4 Å². The topological polar surface area (TPSA) is 139 Å². The molecule has 2 fully saturated rings. The Morgan fingerprint density at radius 3 is 2.88 bits per heavy atom. The van der Waals surface area contributed by atoms with E-state index in [9.17, 15) is 4.79 Å². The van der Waals surface area contributed by atoms with Crippen molar-refractivity contribution in [1.29, 1.82) is 0 Å². The van der Waals surface area contributed by atoms with Gasteiger partial charge >= 0.3 is 0 Å². The molecule has 0 aromatic carbocycles. The second-order valence-corrected chi connectivity index (χ2v) is 10.9. The third kappa shape index (κ3) is 6.73. The molecule has 0 spiro atoms. The lowest BCUT2D eigenvalue weighted by molar-refractivity contribution is -0.127. The van der Waals surface area contributed by atoms with Crippen LogP contribution in [0, 0.1) is 0 Å². The third-order valence-corrected chi connectivity index (χ3v) is 7.79. The Hall–Kier alpha value is -4.27. The number of rotatable bonds is 9. The first-order chi connectivity index (χ1) is 20.1. The molecule has 0 radical (unpaired) electrons. The molecule has 1 atom stereocenters. The number of nitrogens with zero attached hydrogens (tertiary/aromatic N) is 9. The van der Waals surface area contributed by atoms with Gasteiger partial charge in [-0.15, -0.1) is 15.0 Å². The third-order valence-electron chi connectivity index (χ3n) is 6.88. The zero-order valence-corrected chi connectivity index (χ0v) is 23.3. The number of nitrogens with one attached hydrogen (secondary N) is 2. The highest BCUT2D eigenvalue weighted by atomic mass is 32.1. The Bertz CT molecular complexity index is 1490. The summed E-state index contributed by atoms with van der Waals surface area (Å²) in [5, 5.41) is 20.3. The molecule has 0 bridgehead atoms. The minimum absolute atomic E-state index is 0.0398. The molecule has 2 N–H and O–H groups in total. The monoisotopic (exact) mass is 573 g/mol. The van der Waals surface area contributed by atoms with E-state index in [-0.39, 0.29) is 11.9 Å². The van der Waals surface area contributed by atoms with Gasteiger partial charge in [0.25, 0.3) is 0 Å². The van der Waals surface area contributed by atoms with Crippen LogP contribution in [0.5, 0.6) is 0 Å². The van der Waals surface area contributed by atoms with Crippen LogP contribution >= 0.6 is 11.3 Å². The number of morpholine rings is 1. The van der Waals surface area contributed by atoms with Crippen molar-refractivity contribution in [3.8, 4) is 16.5 Å².